The van der Waals surface area contributed by atoms with Gasteiger partial charge in [0.1, 0.15) is 11.5 Å². The van der Waals surface area contributed by atoms with Crippen LogP contribution in [0.2, 0.25) is 0 Å². The zero-order valence-electron chi connectivity index (χ0n) is 17.3. The average molecular weight is 407 g/mol. The summed E-state index contributed by atoms with van der Waals surface area (Å²) in [7, 11) is 3.58. The van der Waals surface area contributed by atoms with Crippen LogP contribution in [0.1, 0.15) is 15.9 Å². The number of phenols is 1. The number of phenolic OH excluding ortho intramolecular Hbond substituents is 1. The van der Waals surface area contributed by atoms with Gasteiger partial charge in [-0.05, 0) is 35.4 Å². The second-order valence-corrected chi connectivity index (χ2v) is 7.55. The Morgan fingerprint density at radius 3 is 2.23 bits per heavy atom. The summed E-state index contributed by atoms with van der Waals surface area (Å²) in [5.74, 6) is 0.477. The minimum atomic E-state index is -0.209. The van der Waals surface area contributed by atoms with E-state index in [1.54, 1.807) is 19.2 Å². The highest BCUT2D eigenvalue weighted by Crippen LogP contribution is 2.43. The maximum Gasteiger partial charge on any atom is 0.197 e. The monoisotopic (exact) mass is 407 g/mol. The van der Waals surface area contributed by atoms with Gasteiger partial charge in [0.2, 0.25) is 0 Å². The largest absolute Gasteiger partial charge is 0.506 e. The molecule has 0 radical (unpaired) electrons. The molecule has 1 N–H and O–H groups in total. The van der Waals surface area contributed by atoms with Crippen LogP contribution in [0.25, 0.3) is 32.9 Å². The highest BCUT2D eigenvalue weighted by atomic mass is 16.5. The van der Waals surface area contributed by atoms with Crippen LogP contribution in [-0.2, 0) is 7.05 Å². The van der Waals surface area contributed by atoms with E-state index >= 15 is 0 Å². The molecule has 5 aromatic rings. The van der Waals surface area contributed by atoms with Gasteiger partial charge in [-0.15, -0.1) is 0 Å². The van der Waals surface area contributed by atoms with Crippen molar-refractivity contribution in [2.75, 3.05) is 7.11 Å². The summed E-state index contributed by atoms with van der Waals surface area (Å²) in [6, 6.07) is 26.5. The molecule has 0 saturated carbocycles. The molecule has 0 aliphatic rings. The molecule has 31 heavy (non-hydrogen) atoms. The van der Waals surface area contributed by atoms with Gasteiger partial charge in [0.25, 0.3) is 0 Å². The Balaban J connectivity index is 1.91. The molecule has 1 aromatic heterocycles. The van der Waals surface area contributed by atoms with Crippen LogP contribution in [0.4, 0.5) is 0 Å². The molecule has 4 heteroatoms. The molecule has 152 valence electrons. The van der Waals surface area contributed by atoms with Crippen LogP contribution < -0.4 is 4.74 Å². The lowest BCUT2D eigenvalue weighted by Crippen LogP contribution is -2.05. The zero-order valence-corrected chi connectivity index (χ0v) is 17.3. The average Bonchev–Trinajstić information content (AvgIpc) is 3.11. The van der Waals surface area contributed by atoms with E-state index in [0.29, 0.717) is 27.8 Å². The minimum absolute atomic E-state index is 0.0101. The number of ether oxygens (including phenoxy) is 1. The van der Waals surface area contributed by atoms with Gasteiger partial charge in [-0.25, -0.2) is 0 Å². The Bertz CT molecular complexity index is 1430. The van der Waals surface area contributed by atoms with Crippen LogP contribution >= 0.6 is 0 Å². The van der Waals surface area contributed by atoms with Crippen LogP contribution in [-0.4, -0.2) is 22.6 Å². The summed E-state index contributed by atoms with van der Waals surface area (Å²) >= 11 is 0. The number of aromatic hydroxyl groups is 1. The molecule has 5 rings (SSSR count). The van der Waals surface area contributed by atoms with Crippen molar-refractivity contribution < 1.29 is 14.6 Å². The molecule has 0 bridgehead atoms. The number of benzene rings is 4. The van der Waals surface area contributed by atoms with Crippen molar-refractivity contribution in [1.82, 2.24) is 4.57 Å². The van der Waals surface area contributed by atoms with Crippen molar-refractivity contribution in [2.24, 2.45) is 7.05 Å². The molecule has 0 aliphatic heterocycles. The number of carbonyl (C=O) groups excluding carboxylic acids is 1. The molecule has 1 heterocycles. The fourth-order valence-corrected chi connectivity index (χ4v) is 4.26. The normalized spacial score (nSPS) is 11.2. The van der Waals surface area contributed by atoms with E-state index in [9.17, 15) is 9.90 Å². The molecule has 0 amide bonds. The quantitative estimate of drug-likeness (QED) is 0.375. The lowest BCUT2D eigenvalue weighted by molar-refractivity contribution is 0.103. The number of aryl methyl sites for hydroxylation is 1. The number of methoxy groups -OCH3 is 1. The van der Waals surface area contributed by atoms with E-state index in [0.717, 1.165) is 22.0 Å². The third-order valence-electron chi connectivity index (χ3n) is 5.82. The maximum absolute atomic E-state index is 13.6. The maximum atomic E-state index is 13.6. The lowest BCUT2D eigenvalue weighted by Gasteiger charge is -2.13. The highest BCUT2D eigenvalue weighted by Gasteiger charge is 2.25. The Kier molecular flexibility index (Phi) is 4.48. The van der Waals surface area contributed by atoms with Crippen molar-refractivity contribution in [3.05, 3.63) is 96.1 Å². The highest BCUT2D eigenvalue weighted by molar-refractivity contribution is 6.22. The SMILES string of the molecule is COc1ccc2c(c1)c1c(O)c(C(=O)c3ccccc3)c(-c3ccccc3)cc1n2C. The first-order valence-corrected chi connectivity index (χ1v) is 10.1. The molecule has 0 atom stereocenters. The van der Waals surface area contributed by atoms with Crippen LogP contribution in [0.3, 0.4) is 0 Å². The predicted molar refractivity (Wildman–Crippen MR) is 124 cm³/mol. The van der Waals surface area contributed by atoms with Crippen molar-refractivity contribution in [3.63, 3.8) is 0 Å². The van der Waals surface area contributed by atoms with E-state index in [1.165, 1.54) is 0 Å². The number of hydrogen-bond donors (Lipinski definition) is 1. The molecule has 0 aliphatic carbocycles. The number of aromatic nitrogens is 1. The van der Waals surface area contributed by atoms with Gasteiger partial charge in [-0.2, -0.15) is 0 Å². The molecule has 0 spiro atoms. The lowest BCUT2D eigenvalue weighted by atomic mass is 9.91. The number of rotatable bonds is 4. The van der Waals surface area contributed by atoms with Gasteiger partial charge >= 0.3 is 0 Å². The first-order chi connectivity index (χ1) is 15.1. The summed E-state index contributed by atoms with van der Waals surface area (Å²) < 4.78 is 7.44. The first-order valence-electron chi connectivity index (χ1n) is 10.1. The zero-order chi connectivity index (χ0) is 21.5. The molecular formula is C27H21NO3. The van der Waals surface area contributed by atoms with Gasteiger partial charge in [-0.3, -0.25) is 4.79 Å². The summed E-state index contributed by atoms with van der Waals surface area (Å²) in [4.78, 5) is 13.6. The smallest absolute Gasteiger partial charge is 0.197 e. The van der Waals surface area contributed by atoms with Crippen molar-refractivity contribution in [1.29, 1.82) is 0 Å². The van der Waals surface area contributed by atoms with E-state index in [1.807, 2.05) is 84.4 Å². The van der Waals surface area contributed by atoms with Crippen LogP contribution in [0, 0.1) is 0 Å². The topological polar surface area (TPSA) is 51.5 Å². The first kappa shape index (κ1) is 18.9. The Labute approximate surface area is 179 Å². The van der Waals surface area contributed by atoms with Crippen molar-refractivity contribution in [2.45, 2.75) is 0 Å². The molecule has 0 saturated heterocycles. The van der Waals surface area contributed by atoms with Gasteiger partial charge in [-0.1, -0.05) is 60.7 Å². The standard InChI is InChI=1S/C27H21NO3/c1-28-22-14-13-19(31-2)15-21(22)24-23(28)16-20(17-9-5-3-6-10-17)25(27(24)30)26(29)18-11-7-4-8-12-18/h3-16,30H,1-2H3. The third kappa shape index (κ3) is 2.96. The summed E-state index contributed by atoms with van der Waals surface area (Å²) in [6.45, 7) is 0. The molecular weight excluding hydrogens is 386 g/mol. The van der Waals surface area contributed by atoms with E-state index in [2.05, 4.69) is 0 Å². The van der Waals surface area contributed by atoms with Gasteiger partial charge < -0.3 is 14.4 Å². The number of carbonyl (C=O) groups is 1. The second kappa shape index (κ2) is 7.33. The molecule has 0 fully saturated rings. The van der Waals surface area contributed by atoms with Gasteiger partial charge in [0.05, 0.1) is 23.6 Å². The van der Waals surface area contributed by atoms with Gasteiger partial charge in [0.15, 0.2) is 5.78 Å². The molecule has 0 unspecified atom stereocenters. The minimum Gasteiger partial charge on any atom is -0.506 e. The Morgan fingerprint density at radius 1 is 0.871 bits per heavy atom. The number of hydrogen-bond acceptors (Lipinski definition) is 3. The molecule has 4 aromatic carbocycles. The Morgan fingerprint density at radius 2 is 1.55 bits per heavy atom. The Hall–Kier alpha value is -4.05. The summed E-state index contributed by atoms with van der Waals surface area (Å²) in [5, 5.41) is 13.0. The van der Waals surface area contributed by atoms with Crippen LogP contribution in [0.15, 0.2) is 84.9 Å². The van der Waals surface area contributed by atoms with E-state index < -0.39 is 0 Å². The summed E-state index contributed by atoms with van der Waals surface area (Å²) in [6.07, 6.45) is 0. The van der Waals surface area contributed by atoms with E-state index in [4.69, 9.17) is 4.74 Å². The van der Waals surface area contributed by atoms with Gasteiger partial charge in [0, 0.05) is 23.5 Å². The van der Waals surface area contributed by atoms with Crippen molar-refractivity contribution in [3.8, 4) is 22.6 Å². The molecule has 4 nitrogen and oxygen atoms in total. The second-order valence-electron chi connectivity index (χ2n) is 7.55. The predicted octanol–water partition coefficient (Wildman–Crippen LogP) is 5.94. The number of nitrogens with zero attached hydrogens (tertiary/aromatic N) is 1. The van der Waals surface area contributed by atoms with Crippen LogP contribution in [0.5, 0.6) is 11.5 Å². The summed E-state index contributed by atoms with van der Waals surface area (Å²) in [5.41, 5.74) is 4.23. The fraction of sp³-hybridized carbons (Fsp3) is 0.0741. The number of ketones is 1. The fourth-order valence-electron chi connectivity index (χ4n) is 4.26. The van der Waals surface area contributed by atoms with E-state index in [-0.39, 0.29) is 11.5 Å². The third-order valence-corrected chi connectivity index (χ3v) is 5.82. The number of fused-ring (bicyclic) bond motifs is 3. The van der Waals surface area contributed by atoms with Crippen molar-refractivity contribution >= 4 is 27.6 Å².